The van der Waals surface area contributed by atoms with Gasteiger partial charge in [-0.05, 0) is 75.9 Å². The van der Waals surface area contributed by atoms with Crippen molar-refractivity contribution in [3.63, 3.8) is 0 Å². The molecule has 1 N–H and O–H groups in total. The zero-order chi connectivity index (χ0) is 21.5. The summed E-state index contributed by atoms with van der Waals surface area (Å²) in [5, 5.41) is 16.8. The Morgan fingerprint density at radius 2 is 2.00 bits per heavy atom. The third-order valence-electron chi connectivity index (χ3n) is 6.00. The summed E-state index contributed by atoms with van der Waals surface area (Å²) in [5.41, 5.74) is 3.49. The highest BCUT2D eigenvalue weighted by atomic mass is 19.3. The van der Waals surface area contributed by atoms with Crippen molar-refractivity contribution in [2.75, 3.05) is 25.5 Å². The van der Waals surface area contributed by atoms with Crippen LogP contribution >= 0.6 is 0 Å². The van der Waals surface area contributed by atoms with Crippen molar-refractivity contribution >= 4 is 11.5 Å². The number of aromatic nitrogens is 4. The van der Waals surface area contributed by atoms with Gasteiger partial charge >= 0.3 is 6.61 Å². The minimum Gasteiger partial charge on any atom is -0.434 e. The molecular weight excluding hydrogens is 402 g/mol. The van der Waals surface area contributed by atoms with Crippen LogP contribution in [0.4, 0.5) is 14.7 Å². The number of nitrogens with zero attached hydrogens (tertiary/aromatic N) is 5. The molecule has 0 bridgehead atoms. The quantitative estimate of drug-likeness (QED) is 0.638. The number of rotatable bonds is 6. The fourth-order valence-electron chi connectivity index (χ4n) is 4.37. The van der Waals surface area contributed by atoms with Crippen LogP contribution in [0.15, 0.2) is 24.3 Å². The molecule has 2 aromatic heterocycles. The second-order valence-corrected chi connectivity index (χ2v) is 8.61. The molecule has 3 aromatic rings. The second-order valence-electron chi connectivity index (χ2n) is 8.61. The number of likely N-dealkylation sites (tertiary alicyclic amines) is 1. The van der Waals surface area contributed by atoms with Gasteiger partial charge in [0.05, 0.1) is 11.2 Å². The molecule has 3 heterocycles. The minimum atomic E-state index is -2.91. The van der Waals surface area contributed by atoms with E-state index in [1.54, 1.807) is 16.6 Å². The van der Waals surface area contributed by atoms with Crippen LogP contribution in [0.5, 0.6) is 5.75 Å². The first-order valence-corrected chi connectivity index (χ1v) is 10.7. The molecule has 1 aromatic carbocycles. The summed E-state index contributed by atoms with van der Waals surface area (Å²) >= 11 is 0. The molecule has 1 aliphatic carbocycles. The smallest absolute Gasteiger partial charge is 0.387 e. The molecule has 1 saturated carbocycles. The topological polar surface area (TPSA) is 67.6 Å². The Bertz CT molecular complexity index is 1100. The molecule has 31 heavy (non-hydrogen) atoms. The maximum absolute atomic E-state index is 13.1. The molecule has 0 spiro atoms. The van der Waals surface area contributed by atoms with Crippen LogP contribution in [0.3, 0.4) is 0 Å². The van der Waals surface area contributed by atoms with Gasteiger partial charge in [0.2, 0.25) is 5.95 Å². The van der Waals surface area contributed by atoms with Crippen LogP contribution in [0, 0.1) is 6.92 Å². The molecule has 9 heteroatoms. The maximum Gasteiger partial charge on any atom is 0.387 e. The summed E-state index contributed by atoms with van der Waals surface area (Å²) in [7, 11) is 2.10. The molecule has 1 atom stereocenters. The Morgan fingerprint density at radius 3 is 2.74 bits per heavy atom. The van der Waals surface area contributed by atoms with Crippen molar-refractivity contribution in [3.05, 3.63) is 35.5 Å². The number of ether oxygens (including phenoxy) is 1. The van der Waals surface area contributed by atoms with Gasteiger partial charge in [-0.1, -0.05) is 6.07 Å². The molecule has 1 saturated heterocycles. The van der Waals surface area contributed by atoms with Crippen molar-refractivity contribution < 1.29 is 13.5 Å². The predicted molar refractivity (Wildman–Crippen MR) is 114 cm³/mol. The Labute approximate surface area is 179 Å². The third-order valence-corrected chi connectivity index (χ3v) is 6.00. The lowest BCUT2D eigenvalue weighted by Crippen LogP contribution is -2.40. The summed E-state index contributed by atoms with van der Waals surface area (Å²) in [6.07, 6.45) is 4.32. The zero-order valence-corrected chi connectivity index (χ0v) is 17.7. The van der Waals surface area contributed by atoms with E-state index in [1.165, 1.54) is 0 Å². The van der Waals surface area contributed by atoms with Gasteiger partial charge < -0.3 is 15.0 Å². The van der Waals surface area contributed by atoms with Gasteiger partial charge in [-0.3, -0.25) is 0 Å². The molecule has 5 rings (SSSR count). The van der Waals surface area contributed by atoms with E-state index >= 15 is 0 Å². The molecule has 0 unspecified atom stereocenters. The van der Waals surface area contributed by atoms with Crippen LogP contribution in [0.25, 0.3) is 16.8 Å². The first-order chi connectivity index (χ1) is 15.0. The van der Waals surface area contributed by atoms with Crippen molar-refractivity contribution in [2.45, 2.75) is 51.2 Å². The summed E-state index contributed by atoms with van der Waals surface area (Å²) < 4.78 is 32.9. The van der Waals surface area contributed by atoms with Crippen molar-refractivity contribution in [1.82, 2.24) is 24.7 Å². The number of nitrogens with one attached hydrogen (secondary N) is 1. The fourth-order valence-corrected chi connectivity index (χ4v) is 4.37. The fraction of sp³-hybridized carbons (Fsp3) is 0.500. The number of hydrogen-bond donors (Lipinski definition) is 1. The van der Waals surface area contributed by atoms with E-state index in [2.05, 4.69) is 32.6 Å². The zero-order valence-electron chi connectivity index (χ0n) is 17.7. The van der Waals surface area contributed by atoms with Gasteiger partial charge in [-0.15, -0.1) is 10.2 Å². The Balaban J connectivity index is 1.55. The van der Waals surface area contributed by atoms with E-state index in [9.17, 15) is 8.78 Å². The number of aryl methyl sites for hydroxylation is 1. The lowest BCUT2D eigenvalue weighted by molar-refractivity contribution is -0.0495. The summed E-state index contributed by atoms with van der Waals surface area (Å²) in [6, 6.07) is 7.63. The van der Waals surface area contributed by atoms with Crippen molar-refractivity contribution in [1.29, 1.82) is 0 Å². The Hall–Kier alpha value is -2.81. The molecule has 2 aliphatic rings. The van der Waals surface area contributed by atoms with Crippen molar-refractivity contribution in [2.24, 2.45) is 0 Å². The van der Waals surface area contributed by atoms with E-state index in [4.69, 9.17) is 4.74 Å². The number of anilines is 1. The maximum atomic E-state index is 13.1. The van der Waals surface area contributed by atoms with Crippen molar-refractivity contribution in [3.8, 4) is 17.0 Å². The SMILES string of the molecule is Cc1cc2c(-c3ccc(C4CC4)cc3OC(F)F)nnc(N[C@H]3CCCN(C)C3)n2n1. The molecule has 0 amide bonds. The van der Waals surface area contributed by atoms with E-state index < -0.39 is 6.61 Å². The third kappa shape index (κ3) is 4.19. The Morgan fingerprint density at radius 1 is 1.16 bits per heavy atom. The van der Waals surface area contributed by atoms with Crippen LogP contribution < -0.4 is 10.1 Å². The van der Waals surface area contributed by atoms with Crippen LogP contribution in [-0.4, -0.2) is 57.5 Å². The number of halogens is 2. The molecule has 0 radical (unpaired) electrons. The van der Waals surface area contributed by atoms with Crippen LogP contribution in [0.2, 0.25) is 0 Å². The highest BCUT2D eigenvalue weighted by Crippen LogP contribution is 2.43. The largest absolute Gasteiger partial charge is 0.434 e. The highest BCUT2D eigenvalue weighted by molar-refractivity contribution is 5.81. The second kappa shape index (κ2) is 8.03. The van der Waals surface area contributed by atoms with Crippen LogP contribution in [-0.2, 0) is 0 Å². The number of piperidine rings is 1. The van der Waals surface area contributed by atoms with E-state index in [1.807, 2.05) is 19.1 Å². The summed E-state index contributed by atoms with van der Waals surface area (Å²) in [4.78, 5) is 2.28. The van der Waals surface area contributed by atoms with Gasteiger partial charge in [0.15, 0.2) is 0 Å². The molecule has 1 aliphatic heterocycles. The van der Waals surface area contributed by atoms with E-state index in [0.717, 1.165) is 50.0 Å². The van der Waals surface area contributed by atoms with Gasteiger partial charge in [-0.2, -0.15) is 18.4 Å². The monoisotopic (exact) mass is 428 g/mol. The minimum absolute atomic E-state index is 0.129. The van der Waals surface area contributed by atoms with Crippen LogP contribution in [0.1, 0.15) is 42.9 Å². The molecule has 164 valence electrons. The van der Waals surface area contributed by atoms with Gasteiger partial charge in [-0.25, -0.2) is 0 Å². The predicted octanol–water partition coefficient (Wildman–Crippen LogP) is 4.08. The first kappa shape index (κ1) is 20.1. The normalized spacial score (nSPS) is 19.8. The number of hydrogen-bond acceptors (Lipinski definition) is 6. The standard InChI is InChI=1S/C22H26F2N6O/c1-13-10-18-20(17-8-7-15(14-5-6-14)11-19(17)31-21(23)24)26-27-22(30(18)28-13)25-16-4-3-9-29(2)12-16/h7-8,10-11,14,16,21H,3-6,9,12H2,1-2H3,(H,25,27)/t16-/m0/s1. The van der Waals surface area contributed by atoms with Gasteiger partial charge in [0, 0.05) is 18.2 Å². The number of benzene rings is 1. The lowest BCUT2D eigenvalue weighted by Gasteiger charge is -2.30. The average molecular weight is 428 g/mol. The number of fused-ring (bicyclic) bond motifs is 1. The molecular formula is C22H26F2N6O. The number of likely N-dealkylation sites (N-methyl/N-ethyl adjacent to an activating group) is 1. The summed E-state index contributed by atoms with van der Waals surface area (Å²) in [5.74, 6) is 1.11. The van der Waals surface area contributed by atoms with E-state index in [-0.39, 0.29) is 11.8 Å². The van der Waals surface area contributed by atoms with E-state index in [0.29, 0.717) is 28.6 Å². The van der Waals surface area contributed by atoms with Gasteiger partial charge in [0.25, 0.3) is 0 Å². The summed E-state index contributed by atoms with van der Waals surface area (Å²) in [6.45, 7) is 0.984. The first-order valence-electron chi connectivity index (χ1n) is 10.7. The average Bonchev–Trinajstić information content (AvgIpc) is 3.49. The highest BCUT2D eigenvalue weighted by Gasteiger charge is 2.27. The molecule has 2 fully saturated rings. The number of alkyl halides is 2. The van der Waals surface area contributed by atoms with Gasteiger partial charge in [0.1, 0.15) is 11.4 Å². The molecule has 7 nitrogen and oxygen atoms in total. The lowest BCUT2D eigenvalue weighted by atomic mass is 10.0. The Kier molecular flexibility index (Phi) is 5.21.